The van der Waals surface area contributed by atoms with Crippen LogP contribution in [-0.2, 0) is 0 Å². The van der Waals surface area contributed by atoms with Crippen LogP contribution in [0.1, 0.15) is 33.1 Å². The summed E-state index contributed by atoms with van der Waals surface area (Å²) in [6.07, 6.45) is 7.55. The highest BCUT2D eigenvalue weighted by molar-refractivity contribution is 5.10. The molecule has 1 N–H and O–H groups in total. The second kappa shape index (κ2) is 6.77. The van der Waals surface area contributed by atoms with Crippen LogP contribution in [0.4, 0.5) is 0 Å². The smallest absolute Gasteiger partial charge is 0.0558 e. The average Bonchev–Trinajstić information content (AvgIpc) is 2.21. The van der Waals surface area contributed by atoms with Crippen molar-refractivity contribution in [3.63, 3.8) is 0 Å². The Morgan fingerprint density at radius 3 is 2.47 bits per heavy atom. The van der Waals surface area contributed by atoms with E-state index in [-0.39, 0.29) is 6.61 Å². The Balaban J connectivity index is 2.74. The molecular weight excluding hydrogens is 210 g/mol. The molecule has 0 unspecified atom stereocenters. The first-order chi connectivity index (χ1) is 8.04. The van der Waals surface area contributed by atoms with Crippen LogP contribution in [-0.4, -0.2) is 35.2 Å². The molecule has 0 aromatic carbocycles. The van der Waals surface area contributed by atoms with Gasteiger partial charge in [-0.15, -0.1) is 13.2 Å². The van der Waals surface area contributed by atoms with Crippen molar-refractivity contribution in [2.45, 2.75) is 45.2 Å². The van der Waals surface area contributed by atoms with E-state index in [4.69, 9.17) is 0 Å². The molecule has 0 aromatic rings. The van der Waals surface area contributed by atoms with Crippen LogP contribution in [0.5, 0.6) is 0 Å². The number of β-amino-alcohol motifs (C(OH)–C–C–N with tert-alkyl or cyclic N) is 1. The molecular formula is C15H25NO. The third-order valence-corrected chi connectivity index (χ3v) is 3.16. The summed E-state index contributed by atoms with van der Waals surface area (Å²) < 4.78 is 0. The minimum atomic E-state index is 0.215. The topological polar surface area (TPSA) is 23.5 Å². The Morgan fingerprint density at radius 2 is 1.94 bits per heavy atom. The molecule has 0 bridgehead atoms. The molecule has 1 aliphatic heterocycles. The fourth-order valence-electron chi connectivity index (χ4n) is 2.52. The second-order valence-electron chi connectivity index (χ2n) is 5.17. The summed E-state index contributed by atoms with van der Waals surface area (Å²) in [5, 5.41) is 9.21. The number of hydrogen-bond acceptors (Lipinski definition) is 2. The molecule has 1 aliphatic rings. The van der Waals surface area contributed by atoms with Crippen molar-refractivity contribution >= 4 is 0 Å². The van der Waals surface area contributed by atoms with E-state index in [1.165, 1.54) is 11.1 Å². The van der Waals surface area contributed by atoms with Crippen LogP contribution in [0.2, 0.25) is 0 Å². The number of rotatable bonds is 6. The van der Waals surface area contributed by atoms with E-state index in [0.717, 1.165) is 25.8 Å². The molecule has 0 spiro atoms. The first-order valence-electron chi connectivity index (χ1n) is 6.36. The normalized spacial score (nSPS) is 24.9. The minimum Gasteiger partial charge on any atom is -0.395 e. The van der Waals surface area contributed by atoms with Crippen LogP contribution in [0.25, 0.3) is 0 Å². The van der Waals surface area contributed by atoms with Crippen molar-refractivity contribution in [2.24, 2.45) is 0 Å². The van der Waals surface area contributed by atoms with Gasteiger partial charge in [-0.3, -0.25) is 4.90 Å². The number of hydrogen-bond donors (Lipinski definition) is 1. The summed E-state index contributed by atoms with van der Waals surface area (Å²) in [6, 6.07) is 0.867. The predicted octanol–water partition coefficient (Wildman–Crippen LogP) is 2.91. The van der Waals surface area contributed by atoms with Gasteiger partial charge >= 0.3 is 0 Å². The summed E-state index contributed by atoms with van der Waals surface area (Å²) in [6.45, 7) is 13.1. The van der Waals surface area contributed by atoms with E-state index in [2.05, 4.69) is 44.1 Å². The van der Waals surface area contributed by atoms with E-state index in [1.54, 1.807) is 0 Å². The lowest BCUT2D eigenvalue weighted by Gasteiger charge is -2.39. The summed E-state index contributed by atoms with van der Waals surface area (Å²) in [4.78, 5) is 2.39. The Morgan fingerprint density at radius 1 is 1.29 bits per heavy atom. The highest BCUT2D eigenvalue weighted by Gasteiger charge is 2.26. The molecule has 1 rings (SSSR count). The molecule has 17 heavy (non-hydrogen) atoms. The van der Waals surface area contributed by atoms with Crippen LogP contribution >= 0.6 is 0 Å². The maximum absolute atomic E-state index is 9.21. The molecule has 1 heterocycles. The average molecular weight is 235 g/mol. The van der Waals surface area contributed by atoms with Gasteiger partial charge in [-0.05, 0) is 33.1 Å². The molecule has 2 atom stereocenters. The van der Waals surface area contributed by atoms with E-state index >= 15 is 0 Å². The van der Waals surface area contributed by atoms with Crippen LogP contribution < -0.4 is 0 Å². The molecule has 2 nitrogen and oxygen atoms in total. The molecule has 0 aliphatic carbocycles. The summed E-state index contributed by atoms with van der Waals surface area (Å²) in [7, 11) is 0. The van der Waals surface area contributed by atoms with Crippen LogP contribution in [0.3, 0.4) is 0 Å². The van der Waals surface area contributed by atoms with E-state index in [1.807, 2.05) is 0 Å². The van der Waals surface area contributed by atoms with Gasteiger partial charge < -0.3 is 5.11 Å². The molecule has 0 aromatic heterocycles. The highest BCUT2D eigenvalue weighted by atomic mass is 16.3. The van der Waals surface area contributed by atoms with Gasteiger partial charge in [0.2, 0.25) is 0 Å². The largest absolute Gasteiger partial charge is 0.395 e. The zero-order valence-electron chi connectivity index (χ0n) is 11.2. The quantitative estimate of drug-likeness (QED) is 0.716. The summed E-state index contributed by atoms with van der Waals surface area (Å²) in [5.41, 5.74) is 2.40. The lowest BCUT2D eigenvalue weighted by atomic mass is 9.94. The van der Waals surface area contributed by atoms with E-state index in [0.29, 0.717) is 12.1 Å². The Labute approximate surface area is 105 Å². The van der Waals surface area contributed by atoms with Crippen molar-refractivity contribution in [3.8, 4) is 0 Å². The monoisotopic (exact) mass is 235 g/mol. The van der Waals surface area contributed by atoms with Crippen molar-refractivity contribution in [3.05, 3.63) is 36.5 Å². The first-order valence-corrected chi connectivity index (χ1v) is 6.36. The van der Waals surface area contributed by atoms with Crippen LogP contribution in [0, 0.1) is 0 Å². The number of aliphatic hydroxyl groups is 1. The maximum atomic E-state index is 9.21. The predicted molar refractivity (Wildman–Crippen MR) is 74.0 cm³/mol. The molecule has 2 heteroatoms. The van der Waals surface area contributed by atoms with Crippen molar-refractivity contribution < 1.29 is 5.11 Å². The van der Waals surface area contributed by atoms with Crippen molar-refractivity contribution in [1.82, 2.24) is 4.90 Å². The molecule has 0 saturated heterocycles. The van der Waals surface area contributed by atoms with Crippen LogP contribution in [0.15, 0.2) is 36.5 Å². The Kier molecular flexibility index (Phi) is 5.66. The van der Waals surface area contributed by atoms with Gasteiger partial charge in [-0.1, -0.05) is 23.3 Å². The zero-order chi connectivity index (χ0) is 12.8. The Hall–Kier alpha value is -0.860. The highest BCUT2D eigenvalue weighted by Crippen LogP contribution is 2.25. The summed E-state index contributed by atoms with van der Waals surface area (Å²) >= 11 is 0. The zero-order valence-corrected chi connectivity index (χ0v) is 11.2. The van der Waals surface area contributed by atoms with Gasteiger partial charge in [-0.25, -0.2) is 0 Å². The second-order valence-corrected chi connectivity index (χ2v) is 5.17. The number of aliphatic hydroxyl groups excluding tert-OH is 1. The number of nitrogens with zero attached hydrogens (tertiary/aromatic N) is 1. The van der Waals surface area contributed by atoms with E-state index in [9.17, 15) is 5.11 Å². The van der Waals surface area contributed by atoms with Gasteiger partial charge in [-0.2, -0.15) is 0 Å². The summed E-state index contributed by atoms with van der Waals surface area (Å²) in [5.74, 6) is 0. The van der Waals surface area contributed by atoms with E-state index < -0.39 is 0 Å². The third kappa shape index (κ3) is 4.49. The first kappa shape index (κ1) is 14.2. The fraction of sp³-hybridized carbons (Fsp3) is 0.600. The van der Waals surface area contributed by atoms with Crippen molar-refractivity contribution in [2.75, 3.05) is 13.2 Å². The van der Waals surface area contributed by atoms with Gasteiger partial charge in [0.1, 0.15) is 0 Å². The molecule has 0 saturated carbocycles. The third-order valence-electron chi connectivity index (χ3n) is 3.16. The lowest BCUT2D eigenvalue weighted by molar-refractivity contribution is 0.114. The van der Waals surface area contributed by atoms with Gasteiger partial charge in [0.15, 0.2) is 0 Å². The SMILES string of the molecule is C=C(C)C[C@H]1CC=C[C@H](CC(=C)C)N1CCO. The van der Waals surface area contributed by atoms with Crippen molar-refractivity contribution in [1.29, 1.82) is 0 Å². The van der Waals surface area contributed by atoms with Gasteiger partial charge in [0.05, 0.1) is 6.61 Å². The molecule has 0 radical (unpaired) electrons. The maximum Gasteiger partial charge on any atom is 0.0558 e. The lowest BCUT2D eigenvalue weighted by Crippen LogP contribution is -2.46. The standard InChI is InChI=1S/C15H25NO/c1-12(2)10-14-6-5-7-15(11-13(3)4)16(14)8-9-17/h5-6,14-15,17H,1,3,7-11H2,2,4H3/t14-,15-/m1/s1. The molecule has 0 fully saturated rings. The fourth-order valence-corrected chi connectivity index (χ4v) is 2.52. The minimum absolute atomic E-state index is 0.215. The van der Waals surface area contributed by atoms with Gasteiger partial charge in [0.25, 0.3) is 0 Å². The Bertz CT molecular complexity index is 306. The molecule has 0 amide bonds. The molecule has 96 valence electrons. The van der Waals surface area contributed by atoms with Gasteiger partial charge in [0, 0.05) is 18.6 Å².